The van der Waals surface area contributed by atoms with Crippen LogP contribution in [0, 0.1) is 20.8 Å². The quantitative estimate of drug-likeness (QED) is 0.872. The molecule has 1 aliphatic rings. The average molecular weight is 320 g/mol. The summed E-state index contributed by atoms with van der Waals surface area (Å²) in [6.07, 6.45) is 0.841. The minimum Gasteiger partial charge on any atom is -0.360 e. The topological polar surface area (TPSA) is 63.4 Å². The third-order valence-electron chi connectivity index (χ3n) is 4.35. The fraction of sp³-hybridized carbons (Fsp3) is 0.438. The van der Waals surface area contributed by atoms with Crippen molar-refractivity contribution >= 4 is 10.0 Å². The molecule has 0 aliphatic carbocycles. The molecule has 1 unspecified atom stereocenters. The van der Waals surface area contributed by atoms with E-state index in [0.717, 1.165) is 6.42 Å². The first-order valence-corrected chi connectivity index (χ1v) is 8.84. The number of hydrogen-bond acceptors (Lipinski definition) is 4. The lowest BCUT2D eigenvalue weighted by Crippen LogP contribution is -2.29. The van der Waals surface area contributed by atoms with Crippen molar-refractivity contribution in [2.75, 3.05) is 13.1 Å². The zero-order valence-corrected chi connectivity index (χ0v) is 13.9. The van der Waals surface area contributed by atoms with Crippen molar-refractivity contribution in [1.82, 2.24) is 9.46 Å². The van der Waals surface area contributed by atoms with Gasteiger partial charge in [-0.25, -0.2) is 8.42 Å². The predicted molar refractivity (Wildman–Crippen MR) is 83.3 cm³/mol. The Kier molecular flexibility index (Phi) is 3.82. The van der Waals surface area contributed by atoms with Crippen molar-refractivity contribution in [3.8, 4) is 0 Å². The largest absolute Gasteiger partial charge is 0.360 e. The summed E-state index contributed by atoms with van der Waals surface area (Å²) < 4.78 is 32.2. The van der Waals surface area contributed by atoms with Gasteiger partial charge in [0.25, 0.3) is 0 Å². The van der Waals surface area contributed by atoms with Gasteiger partial charge in [0.1, 0.15) is 10.6 Å². The molecular formula is C16H20N2O3S. The summed E-state index contributed by atoms with van der Waals surface area (Å²) in [5, 5.41) is 3.76. The Hall–Kier alpha value is -1.66. The summed E-state index contributed by atoms with van der Waals surface area (Å²) in [5.74, 6) is 0.605. The number of aromatic nitrogens is 1. The van der Waals surface area contributed by atoms with Crippen molar-refractivity contribution in [2.24, 2.45) is 0 Å². The van der Waals surface area contributed by atoms with Gasteiger partial charge in [-0.15, -0.1) is 0 Å². The molecule has 0 bridgehead atoms. The highest BCUT2D eigenvalue weighted by Gasteiger charge is 2.36. The Bertz CT molecular complexity index is 776. The van der Waals surface area contributed by atoms with Crippen molar-refractivity contribution < 1.29 is 12.9 Å². The maximum Gasteiger partial charge on any atom is 0.248 e. The molecule has 118 valence electrons. The first-order chi connectivity index (χ1) is 10.4. The molecule has 1 atom stereocenters. The SMILES string of the molecule is Cc1ccccc1C1CCN(S(=O)(=O)c2c(C)noc2C)C1. The number of aryl methyl sites for hydroxylation is 3. The Morgan fingerprint density at radius 3 is 2.59 bits per heavy atom. The van der Waals surface area contributed by atoms with Crippen LogP contribution in [0.3, 0.4) is 0 Å². The summed E-state index contributed by atoms with van der Waals surface area (Å²) in [6.45, 7) is 6.42. The van der Waals surface area contributed by atoms with Crippen LogP contribution in [-0.4, -0.2) is 31.0 Å². The third-order valence-corrected chi connectivity index (χ3v) is 6.46. The highest BCUT2D eigenvalue weighted by molar-refractivity contribution is 7.89. The van der Waals surface area contributed by atoms with Gasteiger partial charge in [-0.1, -0.05) is 29.4 Å². The monoisotopic (exact) mass is 320 g/mol. The lowest BCUT2D eigenvalue weighted by molar-refractivity contribution is 0.389. The number of sulfonamides is 1. The lowest BCUT2D eigenvalue weighted by atomic mass is 9.94. The Morgan fingerprint density at radius 2 is 1.95 bits per heavy atom. The van der Waals surface area contributed by atoms with Crippen LogP contribution in [0.15, 0.2) is 33.7 Å². The van der Waals surface area contributed by atoms with Gasteiger partial charge < -0.3 is 4.52 Å². The maximum atomic E-state index is 12.8. The number of benzene rings is 1. The van der Waals surface area contributed by atoms with Crippen molar-refractivity contribution in [1.29, 1.82) is 0 Å². The molecular weight excluding hydrogens is 300 g/mol. The van der Waals surface area contributed by atoms with E-state index in [2.05, 4.69) is 24.2 Å². The molecule has 1 aromatic carbocycles. The van der Waals surface area contributed by atoms with Crippen LogP contribution in [0.2, 0.25) is 0 Å². The molecule has 0 saturated carbocycles. The molecule has 3 rings (SSSR count). The molecule has 0 N–H and O–H groups in total. The van der Waals surface area contributed by atoms with Crippen LogP contribution in [-0.2, 0) is 10.0 Å². The molecule has 2 heterocycles. The normalized spacial score (nSPS) is 19.7. The van der Waals surface area contributed by atoms with E-state index < -0.39 is 10.0 Å². The van der Waals surface area contributed by atoms with E-state index in [1.165, 1.54) is 11.1 Å². The van der Waals surface area contributed by atoms with Crippen LogP contribution >= 0.6 is 0 Å². The summed E-state index contributed by atoms with van der Waals surface area (Å²) in [6, 6.07) is 8.17. The van der Waals surface area contributed by atoms with E-state index >= 15 is 0 Å². The predicted octanol–water partition coefficient (Wildman–Crippen LogP) is 2.78. The van der Waals surface area contributed by atoms with E-state index in [0.29, 0.717) is 24.5 Å². The van der Waals surface area contributed by atoms with Gasteiger partial charge in [0.05, 0.1) is 0 Å². The zero-order chi connectivity index (χ0) is 15.9. The number of rotatable bonds is 3. The van der Waals surface area contributed by atoms with Gasteiger partial charge in [-0.2, -0.15) is 4.31 Å². The Morgan fingerprint density at radius 1 is 1.23 bits per heavy atom. The second-order valence-corrected chi connectivity index (χ2v) is 7.73. The highest BCUT2D eigenvalue weighted by atomic mass is 32.2. The standard InChI is InChI=1S/C16H20N2O3S/c1-11-6-4-5-7-15(11)14-8-9-18(10-14)22(19,20)16-12(2)17-21-13(16)3/h4-7,14H,8-10H2,1-3H3. The van der Waals surface area contributed by atoms with Crippen LogP contribution in [0.4, 0.5) is 0 Å². The molecule has 22 heavy (non-hydrogen) atoms. The Balaban J connectivity index is 1.88. The minimum atomic E-state index is -3.53. The van der Waals surface area contributed by atoms with Crippen molar-refractivity contribution in [3.05, 3.63) is 46.8 Å². The van der Waals surface area contributed by atoms with Crippen LogP contribution in [0.5, 0.6) is 0 Å². The van der Waals surface area contributed by atoms with Crippen LogP contribution in [0.1, 0.15) is 34.9 Å². The number of nitrogens with zero attached hydrogens (tertiary/aromatic N) is 2. The second-order valence-electron chi connectivity index (χ2n) is 5.86. The molecule has 0 spiro atoms. The molecule has 1 aliphatic heterocycles. The van der Waals surface area contributed by atoms with Crippen molar-refractivity contribution in [2.45, 2.75) is 38.0 Å². The second kappa shape index (κ2) is 5.52. The summed E-state index contributed by atoms with van der Waals surface area (Å²) in [7, 11) is -3.53. The first kappa shape index (κ1) is 15.2. The van der Waals surface area contributed by atoms with Gasteiger partial charge in [-0.05, 0) is 44.2 Å². The molecule has 1 fully saturated rings. The Labute approximate surface area is 131 Å². The van der Waals surface area contributed by atoms with Gasteiger partial charge in [0.2, 0.25) is 10.0 Å². The van der Waals surface area contributed by atoms with Gasteiger partial charge >= 0.3 is 0 Å². The zero-order valence-electron chi connectivity index (χ0n) is 13.0. The molecule has 1 aromatic heterocycles. The van der Waals surface area contributed by atoms with E-state index in [4.69, 9.17) is 4.52 Å². The molecule has 0 radical (unpaired) electrons. The number of hydrogen-bond donors (Lipinski definition) is 0. The van der Waals surface area contributed by atoms with Gasteiger partial charge in [-0.3, -0.25) is 0 Å². The minimum absolute atomic E-state index is 0.220. The highest BCUT2D eigenvalue weighted by Crippen LogP contribution is 2.33. The maximum absolute atomic E-state index is 12.8. The molecule has 0 amide bonds. The summed E-state index contributed by atoms with van der Waals surface area (Å²) in [5.41, 5.74) is 2.87. The van der Waals surface area contributed by atoms with E-state index in [1.807, 2.05) is 12.1 Å². The molecule has 1 saturated heterocycles. The fourth-order valence-electron chi connectivity index (χ4n) is 3.22. The summed E-state index contributed by atoms with van der Waals surface area (Å²) >= 11 is 0. The van der Waals surface area contributed by atoms with Crippen LogP contribution in [0.25, 0.3) is 0 Å². The van der Waals surface area contributed by atoms with E-state index in [-0.39, 0.29) is 10.8 Å². The molecule has 5 nitrogen and oxygen atoms in total. The molecule has 6 heteroatoms. The first-order valence-electron chi connectivity index (χ1n) is 7.40. The third kappa shape index (κ3) is 2.46. The smallest absolute Gasteiger partial charge is 0.248 e. The summed E-state index contributed by atoms with van der Waals surface area (Å²) in [4.78, 5) is 0.220. The van der Waals surface area contributed by atoms with Crippen LogP contribution < -0.4 is 0 Å². The van der Waals surface area contributed by atoms with E-state index in [1.54, 1.807) is 18.2 Å². The fourth-order valence-corrected chi connectivity index (χ4v) is 5.01. The average Bonchev–Trinajstić information content (AvgIpc) is 3.07. The lowest BCUT2D eigenvalue weighted by Gasteiger charge is -2.17. The van der Waals surface area contributed by atoms with Gasteiger partial charge in [0, 0.05) is 13.1 Å². The van der Waals surface area contributed by atoms with Crippen molar-refractivity contribution in [3.63, 3.8) is 0 Å². The van der Waals surface area contributed by atoms with Gasteiger partial charge in [0.15, 0.2) is 5.76 Å². The van der Waals surface area contributed by atoms with E-state index in [9.17, 15) is 8.42 Å². The molecule has 2 aromatic rings.